The second-order valence-electron chi connectivity index (χ2n) is 3.32. The first kappa shape index (κ1) is 17.9. The molecule has 0 saturated carbocycles. The number of hydrogen-bond donors (Lipinski definition) is 6. The molecule has 1 saturated heterocycles. The van der Waals surface area contributed by atoms with Gasteiger partial charge in [0.25, 0.3) is 0 Å². The number of phosphoric acid groups is 1. The Morgan fingerprint density at radius 3 is 2.06 bits per heavy atom. The molecule has 0 radical (unpaired) electrons. The Hall–Kier alpha value is 0.910. The van der Waals surface area contributed by atoms with Crippen molar-refractivity contribution < 1.29 is 44.0 Å². The quantitative estimate of drug-likeness (QED) is 0.226. The molecule has 0 aromatic rings. The number of ether oxygens (including phenoxy) is 1. The molecule has 6 N–H and O–H groups in total. The van der Waals surface area contributed by atoms with Crippen molar-refractivity contribution in [3.8, 4) is 0 Å². The van der Waals surface area contributed by atoms with Crippen LogP contribution in [-0.2, 0) is 13.8 Å². The summed E-state index contributed by atoms with van der Waals surface area (Å²) in [6.07, 6.45) is -8.11. The predicted molar refractivity (Wildman–Crippen MR) is 54.0 cm³/mol. The van der Waals surface area contributed by atoms with E-state index in [2.05, 4.69) is 9.26 Å². The molecule has 0 aliphatic carbocycles. The normalized spacial score (nSPS) is 38.6. The fourth-order valence-electron chi connectivity index (χ4n) is 1.24. The number of aliphatic hydroxyl groups excluding tert-OH is 4. The summed E-state index contributed by atoms with van der Waals surface area (Å²) in [4.78, 5) is 16.8. The maximum atomic E-state index is 10.4. The molecule has 0 bridgehead atoms. The van der Waals surface area contributed by atoms with Gasteiger partial charge in [0.15, 0.2) is 6.29 Å². The topological polar surface area (TPSA) is 157 Å². The Labute approximate surface area is 119 Å². The molecule has 0 aromatic heterocycles. The van der Waals surface area contributed by atoms with Crippen LogP contribution in [0.2, 0.25) is 0 Å². The van der Waals surface area contributed by atoms with E-state index in [1.807, 2.05) is 0 Å². The Balaban J connectivity index is 0.00000256. The van der Waals surface area contributed by atoms with E-state index in [0.29, 0.717) is 0 Å². The number of rotatable bonds is 3. The van der Waals surface area contributed by atoms with Gasteiger partial charge in [0.1, 0.15) is 24.4 Å². The molecule has 98 valence electrons. The molecular weight excluding hydrogens is 270 g/mol. The molecule has 11 heteroatoms. The molecule has 0 unspecified atom stereocenters. The van der Waals surface area contributed by atoms with Crippen LogP contribution in [0, 0.1) is 0 Å². The van der Waals surface area contributed by atoms with E-state index in [1.54, 1.807) is 0 Å². The first-order valence-electron chi connectivity index (χ1n) is 4.30. The molecule has 0 aromatic carbocycles. The van der Waals surface area contributed by atoms with Crippen LogP contribution in [0.4, 0.5) is 0 Å². The van der Waals surface area contributed by atoms with Crippen LogP contribution in [0.25, 0.3) is 0 Å². The van der Waals surface area contributed by atoms with Gasteiger partial charge in [-0.3, -0.25) is 4.52 Å². The number of aliphatic hydroxyl groups is 4. The molecule has 1 fully saturated rings. The molecule has 17 heavy (non-hydrogen) atoms. The first-order valence-corrected chi connectivity index (χ1v) is 5.83. The zero-order valence-electron chi connectivity index (χ0n) is 7.95. The van der Waals surface area contributed by atoms with Crippen molar-refractivity contribution in [2.24, 2.45) is 0 Å². The van der Waals surface area contributed by atoms with Gasteiger partial charge in [0.05, 0.1) is 6.61 Å². The number of phosphoric ester groups is 1. The van der Waals surface area contributed by atoms with Crippen molar-refractivity contribution >= 4 is 37.4 Å². The van der Waals surface area contributed by atoms with Gasteiger partial charge in [0, 0.05) is 0 Å². The zero-order valence-corrected chi connectivity index (χ0v) is 8.84. The van der Waals surface area contributed by atoms with Crippen LogP contribution in [0.15, 0.2) is 0 Å². The summed E-state index contributed by atoms with van der Waals surface area (Å²) < 4.78 is 19.0. The van der Waals surface area contributed by atoms with Crippen molar-refractivity contribution in [2.45, 2.75) is 30.7 Å². The van der Waals surface area contributed by atoms with E-state index in [1.165, 1.54) is 0 Å². The van der Waals surface area contributed by atoms with Gasteiger partial charge >= 0.3 is 37.4 Å². The van der Waals surface area contributed by atoms with E-state index in [-0.39, 0.29) is 29.6 Å². The zero-order chi connectivity index (χ0) is 12.5. The van der Waals surface area contributed by atoms with Crippen molar-refractivity contribution in [1.29, 1.82) is 0 Å². The molecule has 1 aliphatic heterocycles. The SMILES string of the molecule is O=P(O)(O)OC[C@H]1O[C@H](O)[C@H](O)[C@@H](O)[C@@H]1O.[NaH]. The Bertz CT molecular complexity index is 283. The Morgan fingerprint density at radius 2 is 1.59 bits per heavy atom. The Kier molecular flexibility index (Phi) is 7.27. The molecule has 9 nitrogen and oxygen atoms in total. The molecule has 0 spiro atoms. The van der Waals surface area contributed by atoms with E-state index >= 15 is 0 Å². The number of hydrogen-bond acceptors (Lipinski definition) is 7. The summed E-state index contributed by atoms with van der Waals surface area (Å²) >= 11 is 0. The van der Waals surface area contributed by atoms with Crippen LogP contribution < -0.4 is 0 Å². The second-order valence-corrected chi connectivity index (χ2v) is 4.56. The fraction of sp³-hybridized carbons (Fsp3) is 1.00. The van der Waals surface area contributed by atoms with Gasteiger partial charge < -0.3 is 34.9 Å². The summed E-state index contributed by atoms with van der Waals surface area (Å²) in [6.45, 7) is -0.730. The summed E-state index contributed by atoms with van der Waals surface area (Å²) in [5.74, 6) is 0. The standard InChI is InChI=1S/C6H13O9P.Na.H/c7-3-2(1-14-16(11,12)13)15-6(10)5(9)4(3)8;;/h2-10H,1H2,(H2,11,12,13);;/t2-,3-,4+,5-,6+;;/m1../s1. The summed E-state index contributed by atoms with van der Waals surface area (Å²) in [7, 11) is -4.73. The minimum absolute atomic E-state index is 0. The van der Waals surface area contributed by atoms with E-state index in [0.717, 1.165) is 0 Å². The summed E-state index contributed by atoms with van der Waals surface area (Å²) in [5.41, 5.74) is 0. The van der Waals surface area contributed by atoms with Gasteiger partial charge in [-0.25, -0.2) is 4.57 Å². The van der Waals surface area contributed by atoms with Crippen molar-refractivity contribution in [3.05, 3.63) is 0 Å². The monoisotopic (exact) mass is 284 g/mol. The van der Waals surface area contributed by atoms with Gasteiger partial charge in [-0.05, 0) is 0 Å². The van der Waals surface area contributed by atoms with Gasteiger partial charge in [-0.1, -0.05) is 0 Å². The molecule has 0 amide bonds. The average Bonchev–Trinajstić information content (AvgIpc) is 2.17. The minimum atomic E-state index is -4.73. The van der Waals surface area contributed by atoms with Gasteiger partial charge in [-0.15, -0.1) is 0 Å². The van der Waals surface area contributed by atoms with E-state index in [9.17, 15) is 14.8 Å². The van der Waals surface area contributed by atoms with Crippen molar-refractivity contribution in [2.75, 3.05) is 6.61 Å². The van der Waals surface area contributed by atoms with E-state index in [4.69, 9.17) is 20.0 Å². The molecule has 1 aliphatic rings. The molecule has 1 heterocycles. The Morgan fingerprint density at radius 1 is 1.06 bits per heavy atom. The average molecular weight is 284 g/mol. The third-order valence-electron chi connectivity index (χ3n) is 2.09. The van der Waals surface area contributed by atoms with Crippen LogP contribution in [0.1, 0.15) is 0 Å². The van der Waals surface area contributed by atoms with Crippen LogP contribution in [0.3, 0.4) is 0 Å². The summed E-state index contributed by atoms with van der Waals surface area (Å²) in [6, 6.07) is 0. The van der Waals surface area contributed by atoms with Gasteiger partial charge in [-0.2, -0.15) is 0 Å². The molecule has 5 atom stereocenters. The maximum absolute atomic E-state index is 10.4. The molecular formula is C6H14NaO9P. The van der Waals surface area contributed by atoms with E-state index < -0.39 is 45.1 Å². The molecule has 1 rings (SSSR count). The van der Waals surface area contributed by atoms with Crippen LogP contribution in [-0.4, -0.2) is 97.1 Å². The van der Waals surface area contributed by atoms with Gasteiger partial charge in [0.2, 0.25) is 0 Å². The fourth-order valence-corrected chi connectivity index (χ4v) is 1.58. The first-order chi connectivity index (χ1) is 7.22. The third-order valence-corrected chi connectivity index (χ3v) is 2.58. The second kappa shape index (κ2) is 6.90. The van der Waals surface area contributed by atoms with Crippen molar-refractivity contribution in [3.63, 3.8) is 0 Å². The van der Waals surface area contributed by atoms with Crippen molar-refractivity contribution in [1.82, 2.24) is 0 Å². The predicted octanol–water partition coefficient (Wildman–Crippen LogP) is -3.75. The van der Waals surface area contributed by atoms with Crippen LogP contribution in [0.5, 0.6) is 0 Å². The van der Waals surface area contributed by atoms with Crippen LogP contribution >= 0.6 is 7.82 Å². The third kappa shape index (κ3) is 5.19. The summed E-state index contributed by atoms with van der Waals surface area (Å²) in [5, 5.41) is 36.7.